The molecule has 0 aromatic heterocycles. The van der Waals surface area contributed by atoms with Gasteiger partial charge in [0.1, 0.15) is 0 Å². The molecule has 0 fully saturated rings. The van der Waals surface area contributed by atoms with E-state index in [-0.39, 0.29) is 12.8 Å². The topological polar surface area (TPSA) is 94.9 Å². The Morgan fingerprint density at radius 2 is 2.22 bits per heavy atom. The Balaban J connectivity index is 2.20. The van der Waals surface area contributed by atoms with Crippen molar-refractivity contribution in [1.82, 2.24) is 5.32 Å². The maximum absolute atomic E-state index is 6.23. The molecule has 0 amide bonds. The van der Waals surface area contributed by atoms with Gasteiger partial charge in [0.2, 0.25) is 6.79 Å². The molecule has 18 heavy (non-hydrogen) atoms. The third-order valence-electron chi connectivity index (χ3n) is 2.76. The molecule has 5 N–H and O–H groups in total. The monoisotopic (exact) mass is 266 g/mol. The Kier molecular flexibility index (Phi) is 2.36. The predicted octanol–water partition coefficient (Wildman–Crippen LogP) is 0.612. The number of aliphatic imine (C=N–C) groups is 1. The fourth-order valence-corrected chi connectivity index (χ4v) is 2.28. The zero-order valence-electron chi connectivity index (χ0n) is 9.31. The van der Waals surface area contributed by atoms with Gasteiger partial charge in [-0.15, -0.1) is 0 Å². The van der Waals surface area contributed by atoms with Crippen molar-refractivity contribution in [2.45, 2.75) is 5.66 Å². The van der Waals surface area contributed by atoms with Gasteiger partial charge < -0.3 is 20.5 Å². The number of fused-ring (bicyclic) bond motifs is 1. The number of guanidine groups is 1. The first kappa shape index (κ1) is 11.2. The van der Waals surface area contributed by atoms with E-state index in [0.717, 1.165) is 0 Å². The fourth-order valence-electron chi connectivity index (χ4n) is 1.98. The van der Waals surface area contributed by atoms with Crippen LogP contribution in [-0.2, 0) is 5.66 Å². The van der Waals surface area contributed by atoms with Crippen LogP contribution in [0.3, 0.4) is 0 Å². The first-order valence-corrected chi connectivity index (χ1v) is 5.65. The number of halogens is 1. The van der Waals surface area contributed by atoms with Crippen LogP contribution in [0.4, 0.5) is 0 Å². The third kappa shape index (κ3) is 1.58. The molecule has 0 spiro atoms. The van der Waals surface area contributed by atoms with Gasteiger partial charge in [-0.3, -0.25) is 5.73 Å². The molecule has 1 aromatic carbocycles. The highest BCUT2D eigenvalue weighted by molar-refractivity contribution is 6.31. The van der Waals surface area contributed by atoms with E-state index < -0.39 is 5.66 Å². The molecule has 3 rings (SSSR count). The van der Waals surface area contributed by atoms with Crippen LogP contribution in [0.5, 0.6) is 11.5 Å². The summed E-state index contributed by atoms with van der Waals surface area (Å²) in [5.74, 6) is 1.32. The quantitative estimate of drug-likeness (QED) is 0.692. The molecule has 0 saturated heterocycles. The maximum Gasteiger partial charge on any atom is 0.231 e. The molecule has 7 heteroatoms. The minimum Gasteiger partial charge on any atom is -0.454 e. The first-order chi connectivity index (χ1) is 8.60. The van der Waals surface area contributed by atoms with Crippen LogP contribution < -0.4 is 26.3 Å². The zero-order chi connectivity index (χ0) is 12.8. The van der Waals surface area contributed by atoms with Crippen LogP contribution in [0.15, 0.2) is 29.4 Å². The van der Waals surface area contributed by atoms with Gasteiger partial charge in [-0.1, -0.05) is 11.6 Å². The number of ether oxygens (including phenoxy) is 2. The molecule has 0 radical (unpaired) electrons. The lowest BCUT2D eigenvalue weighted by Crippen LogP contribution is -2.42. The second-order valence-electron chi connectivity index (χ2n) is 3.96. The molecule has 0 aliphatic carbocycles. The van der Waals surface area contributed by atoms with E-state index in [1.807, 2.05) is 0 Å². The number of hydrogen-bond donors (Lipinski definition) is 3. The number of benzene rings is 1. The lowest BCUT2D eigenvalue weighted by Gasteiger charge is -2.27. The van der Waals surface area contributed by atoms with Gasteiger partial charge in [0.05, 0.1) is 10.6 Å². The van der Waals surface area contributed by atoms with E-state index in [1.54, 1.807) is 24.4 Å². The summed E-state index contributed by atoms with van der Waals surface area (Å²) in [6.07, 6.45) is 3.28. The van der Waals surface area contributed by atoms with Crippen molar-refractivity contribution < 1.29 is 9.47 Å². The lowest BCUT2D eigenvalue weighted by atomic mass is 9.98. The summed E-state index contributed by atoms with van der Waals surface area (Å²) in [4.78, 5) is 4.18. The van der Waals surface area contributed by atoms with Crippen LogP contribution in [-0.4, -0.2) is 12.8 Å². The average Bonchev–Trinajstić information content (AvgIpc) is 2.75. The van der Waals surface area contributed by atoms with Gasteiger partial charge in [0.15, 0.2) is 23.1 Å². The minimum absolute atomic E-state index is 0.139. The summed E-state index contributed by atoms with van der Waals surface area (Å²) in [6, 6.07) is 3.43. The molecule has 2 heterocycles. The van der Waals surface area contributed by atoms with Gasteiger partial charge in [-0.05, 0) is 18.2 Å². The van der Waals surface area contributed by atoms with E-state index in [9.17, 15) is 0 Å². The summed E-state index contributed by atoms with van der Waals surface area (Å²) in [6.45, 7) is 0.139. The van der Waals surface area contributed by atoms with Gasteiger partial charge in [-0.2, -0.15) is 0 Å². The Morgan fingerprint density at radius 1 is 1.39 bits per heavy atom. The van der Waals surface area contributed by atoms with Crippen molar-refractivity contribution in [3.8, 4) is 11.5 Å². The fraction of sp³-hybridized carbons (Fsp3) is 0.182. The standard InChI is InChI=1S/C11H11ClN4O2/c12-6-1-2-7-9(18-5-17-7)8(6)11(14)3-4-15-10(13)16-11/h1-4H,5,14H2,(H3,13,15,16). The van der Waals surface area contributed by atoms with Crippen LogP contribution in [0.25, 0.3) is 0 Å². The summed E-state index contributed by atoms with van der Waals surface area (Å²) in [5, 5.41) is 3.20. The van der Waals surface area contributed by atoms with E-state index in [4.69, 9.17) is 32.5 Å². The third-order valence-corrected chi connectivity index (χ3v) is 3.08. The normalized spacial score (nSPS) is 24.7. The van der Waals surface area contributed by atoms with Crippen molar-refractivity contribution in [3.63, 3.8) is 0 Å². The van der Waals surface area contributed by atoms with Gasteiger partial charge in [-0.25, -0.2) is 4.99 Å². The molecule has 2 aliphatic rings. The molecule has 2 aliphatic heterocycles. The van der Waals surface area contributed by atoms with Crippen molar-refractivity contribution in [2.24, 2.45) is 16.5 Å². The number of hydrogen-bond acceptors (Lipinski definition) is 6. The van der Waals surface area contributed by atoms with Crippen LogP contribution in [0.2, 0.25) is 5.02 Å². The number of nitrogens with zero attached hydrogens (tertiary/aromatic N) is 1. The zero-order valence-corrected chi connectivity index (χ0v) is 10.1. The molecular weight excluding hydrogens is 256 g/mol. The van der Waals surface area contributed by atoms with Crippen molar-refractivity contribution in [1.29, 1.82) is 0 Å². The average molecular weight is 267 g/mol. The molecule has 1 unspecified atom stereocenters. The summed E-state index contributed by atoms with van der Waals surface area (Å²) < 4.78 is 10.7. The summed E-state index contributed by atoms with van der Waals surface area (Å²) in [7, 11) is 0. The van der Waals surface area contributed by atoms with E-state index in [1.165, 1.54) is 0 Å². The number of nitrogens with one attached hydrogen (secondary N) is 1. The Hall–Kier alpha value is -1.92. The van der Waals surface area contributed by atoms with Crippen molar-refractivity contribution in [3.05, 3.63) is 35.0 Å². The van der Waals surface area contributed by atoms with E-state index in [0.29, 0.717) is 22.1 Å². The number of rotatable bonds is 1. The molecule has 1 aromatic rings. The van der Waals surface area contributed by atoms with Gasteiger partial charge in [0, 0.05) is 6.20 Å². The second kappa shape index (κ2) is 3.79. The molecule has 6 nitrogen and oxygen atoms in total. The van der Waals surface area contributed by atoms with Gasteiger partial charge in [0.25, 0.3) is 0 Å². The molecule has 0 saturated carbocycles. The summed E-state index contributed by atoms with van der Waals surface area (Å²) >= 11 is 6.20. The Labute approximate surface area is 108 Å². The minimum atomic E-state index is -1.16. The molecule has 94 valence electrons. The lowest BCUT2D eigenvalue weighted by molar-refractivity contribution is 0.172. The highest BCUT2D eigenvalue weighted by Gasteiger charge is 2.35. The van der Waals surface area contributed by atoms with Crippen LogP contribution in [0.1, 0.15) is 5.56 Å². The van der Waals surface area contributed by atoms with Crippen molar-refractivity contribution >= 4 is 17.6 Å². The largest absolute Gasteiger partial charge is 0.454 e. The maximum atomic E-state index is 6.23. The van der Waals surface area contributed by atoms with Crippen LogP contribution in [0, 0.1) is 0 Å². The second-order valence-corrected chi connectivity index (χ2v) is 4.36. The smallest absolute Gasteiger partial charge is 0.231 e. The SMILES string of the molecule is NC1=NC(N)(c2c(Cl)ccc3c2OCO3)C=CN1. The highest BCUT2D eigenvalue weighted by atomic mass is 35.5. The molecule has 0 bridgehead atoms. The first-order valence-electron chi connectivity index (χ1n) is 5.27. The Bertz CT molecular complexity index is 572. The predicted molar refractivity (Wildman–Crippen MR) is 67.3 cm³/mol. The number of nitrogens with two attached hydrogens (primary N) is 2. The molecular formula is C11H11ClN4O2. The van der Waals surface area contributed by atoms with E-state index in [2.05, 4.69) is 10.3 Å². The Morgan fingerprint density at radius 3 is 3.00 bits per heavy atom. The highest BCUT2D eigenvalue weighted by Crippen LogP contribution is 2.45. The summed E-state index contributed by atoms with van der Waals surface area (Å²) in [5.41, 5.74) is 11.2. The van der Waals surface area contributed by atoms with Crippen LogP contribution >= 0.6 is 11.6 Å². The van der Waals surface area contributed by atoms with Crippen molar-refractivity contribution in [2.75, 3.05) is 6.79 Å². The van der Waals surface area contributed by atoms with Gasteiger partial charge >= 0.3 is 0 Å². The van der Waals surface area contributed by atoms with E-state index >= 15 is 0 Å². The molecule has 1 atom stereocenters.